The molecule has 19 heavy (non-hydrogen) atoms. The highest BCUT2D eigenvalue weighted by Crippen LogP contribution is 2.17. The zero-order chi connectivity index (χ0) is 14.0. The SMILES string of the molecule is Cn1cc(/C=C/C(=O)c2nn(C)cc2[N+](=O)[O-])cn1. The normalized spacial score (nSPS) is 11.1. The molecule has 0 saturated carbocycles. The summed E-state index contributed by atoms with van der Waals surface area (Å²) in [6, 6.07) is 0. The van der Waals surface area contributed by atoms with Crippen LogP contribution in [0.25, 0.3) is 6.08 Å². The third-order valence-electron chi connectivity index (χ3n) is 2.39. The van der Waals surface area contributed by atoms with E-state index < -0.39 is 10.7 Å². The lowest BCUT2D eigenvalue weighted by Gasteiger charge is -1.89. The third kappa shape index (κ3) is 2.73. The first kappa shape index (κ1) is 12.7. The highest BCUT2D eigenvalue weighted by molar-refractivity contribution is 6.07. The van der Waals surface area contributed by atoms with Crippen molar-refractivity contribution in [3.8, 4) is 0 Å². The number of aryl methyl sites for hydroxylation is 2. The second kappa shape index (κ2) is 4.84. The van der Waals surface area contributed by atoms with Gasteiger partial charge in [-0.1, -0.05) is 0 Å². The lowest BCUT2D eigenvalue weighted by molar-refractivity contribution is -0.385. The van der Waals surface area contributed by atoms with E-state index in [1.165, 1.54) is 30.1 Å². The molecule has 0 radical (unpaired) electrons. The molecule has 0 fully saturated rings. The van der Waals surface area contributed by atoms with Gasteiger partial charge in [0.2, 0.25) is 11.5 Å². The minimum Gasteiger partial charge on any atom is -0.287 e. The number of nitrogens with zero attached hydrogens (tertiary/aromatic N) is 5. The van der Waals surface area contributed by atoms with E-state index in [2.05, 4.69) is 10.2 Å². The minimum absolute atomic E-state index is 0.173. The van der Waals surface area contributed by atoms with Crippen molar-refractivity contribution in [3.63, 3.8) is 0 Å². The molecule has 0 aliphatic heterocycles. The molecular formula is C11H11N5O3. The molecule has 0 bridgehead atoms. The van der Waals surface area contributed by atoms with E-state index in [0.717, 1.165) is 5.56 Å². The number of rotatable bonds is 4. The van der Waals surface area contributed by atoms with Crippen molar-refractivity contribution in [1.29, 1.82) is 0 Å². The summed E-state index contributed by atoms with van der Waals surface area (Å²) >= 11 is 0. The second-order valence-corrected chi connectivity index (χ2v) is 3.94. The van der Waals surface area contributed by atoms with E-state index in [9.17, 15) is 14.9 Å². The van der Waals surface area contributed by atoms with Crippen LogP contribution < -0.4 is 0 Å². The van der Waals surface area contributed by atoms with Gasteiger partial charge in [-0.25, -0.2) is 0 Å². The molecular weight excluding hydrogens is 250 g/mol. The monoisotopic (exact) mass is 261 g/mol. The van der Waals surface area contributed by atoms with Crippen LogP contribution in [0.4, 0.5) is 5.69 Å². The summed E-state index contributed by atoms with van der Waals surface area (Å²) in [5.41, 5.74) is 0.255. The zero-order valence-electron chi connectivity index (χ0n) is 10.3. The van der Waals surface area contributed by atoms with Crippen LogP contribution in [0.1, 0.15) is 16.1 Å². The fourth-order valence-corrected chi connectivity index (χ4v) is 1.56. The molecule has 0 saturated heterocycles. The molecule has 8 nitrogen and oxygen atoms in total. The highest BCUT2D eigenvalue weighted by atomic mass is 16.6. The molecule has 2 heterocycles. The number of ketones is 1. The predicted molar refractivity (Wildman–Crippen MR) is 66.4 cm³/mol. The Labute approximate surface area is 108 Å². The smallest absolute Gasteiger partial charge is 0.287 e. The van der Waals surface area contributed by atoms with Gasteiger partial charge in [0.25, 0.3) is 0 Å². The van der Waals surface area contributed by atoms with E-state index in [1.807, 2.05) is 0 Å². The molecule has 0 unspecified atom stereocenters. The predicted octanol–water partition coefficient (Wildman–Crippen LogP) is 0.958. The van der Waals surface area contributed by atoms with Gasteiger partial charge in [0.1, 0.15) is 6.20 Å². The molecule has 98 valence electrons. The van der Waals surface area contributed by atoms with Gasteiger partial charge in [0.05, 0.1) is 11.1 Å². The molecule has 0 N–H and O–H groups in total. The fourth-order valence-electron chi connectivity index (χ4n) is 1.56. The van der Waals surface area contributed by atoms with Gasteiger partial charge >= 0.3 is 5.69 Å². The number of aromatic nitrogens is 4. The molecule has 2 aromatic heterocycles. The Morgan fingerprint density at radius 1 is 1.37 bits per heavy atom. The Balaban J connectivity index is 2.25. The summed E-state index contributed by atoms with van der Waals surface area (Å²) in [6.45, 7) is 0. The van der Waals surface area contributed by atoms with Crippen LogP contribution in [0.5, 0.6) is 0 Å². The van der Waals surface area contributed by atoms with Crippen LogP contribution in [0, 0.1) is 10.1 Å². The number of carbonyl (C=O) groups excluding carboxylic acids is 1. The van der Waals surface area contributed by atoms with Gasteiger partial charge in [-0.3, -0.25) is 24.3 Å². The van der Waals surface area contributed by atoms with Crippen LogP contribution in [0.3, 0.4) is 0 Å². The van der Waals surface area contributed by atoms with E-state index in [4.69, 9.17) is 0 Å². The molecule has 0 aliphatic carbocycles. The molecule has 0 aromatic carbocycles. The van der Waals surface area contributed by atoms with Crippen molar-refractivity contribution in [3.05, 3.63) is 46.0 Å². The van der Waals surface area contributed by atoms with Crippen LogP contribution in [-0.4, -0.2) is 30.3 Å². The maximum Gasteiger partial charge on any atom is 0.318 e. The molecule has 0 amide bonds. The van der Waals surface area contributed by atoms with Crippen LogP contribution in [0.2, 0.25) is 0 Å². The molecule has 0 spiro atoms. The highest BCUT2D eigenvalue weighted by Gasteiger charge is 2.22. The average molecular weight is 261 g/mol. The topological polar surface area (TPSA) is 95.8 Å². The Hall–Kier alpha value is -2.77. The summed E-state index contributed by atoms with van der Waals surface area (Å²) in [6.07, 6.45) is 7.28. The second-order valence-electron chi connectivity index (χ2n) is 3.94. The van der Waals surface area contributed by atoms with Crippen LogP contribution in [-0.2, 0) is 14.1 Å². The van der Waals surface area contributed by atoms with E-state index in [1.54, 1.807) is 24.1 Å². The molecule has 8 heteroatoms. The minimum atomic E-state index is -0.627. The van der Waals surface area contributed by atoms with Gasteiger partial charge in [-0.15, -0.1) is 0 Å². The summed E-state index contributed by atoms with van der Waals surface area (Å²) < 4.78 is 2.83. The van der Waals surface area contributed by atoms with Crippen molar-refractivity contribution in [2.24, 2.45) is 14.1 Å². The van der Waals surface area contributed by atoms with Crippen LogP contribution in [0.15, 0.2) is 24.7 Å². The Bertz CT molecular complexity index is 668. The summed E-state index contributed by atoms with van der Waals surface area (Å²) in [4.78, 5) is 22.0. The molecule has 2 rings (SSSR count). The maximum absolute atomic E-state index is 11.9. The lowest BCUT2D eigenvalue weighted by Crippen LogP contribution is -2.00. The standard InChI is InChI=1S/C11H11N5O3/c1-14-6-8(5-12-14)3-4-10(17)11-9(16(18)19)7-15(2)13-11/h3-7H,1-2H3/b4-3+. The number of hydrogen-bond donors (Lipinski definition) is 0. The lowest BCUT2D eigenvalue weighted by atomic mass is 10.2. The Morgan fingerprint density at radius 3 is 2.68 bits per heavy atom. The largest absolute Gasteiger partial charge is 0.318 e. The molecule has 2 aromatic rings. The number of nitro groups is 1. The Kier molecular flexibility index (Phi) is 3.23. The van der Waals surface area contributed by atoms with Gasteiger partial charge < -0.3 is 0 Å². The molecule has 0 aliphatic rings. The van der Waals surface area contributed by atoms with Crippen molar-refractivity contribution in [2.75, 3.05) is 0 Å². The maximum atomic E-state index is 11.9. The van der Waals surface area contributed by atoms with Crippen molar-refractivity contribution >= 4 is 17.5 Å². The average Bonchev–Trinajstić information content (AvgIpc) is 2.92. The first-order valence-electron chi connectivity index (χ1n) is 5.36. The number of hydrogen-bond acceptors (Lipinski definition) is 5. The van der Waals surface area contributed by atoms with E-state index in [0.29, 0.717) is 0 Å². The van der Waals surface area contributed by atoms with E-state index in [-0.39, 0.29) is 11.4 Å². The number of allylic oxidation sites excluding steroid dienone is 1. The van der Waals surface area contributed by atoms with Gasteiger partial charge in [-0.05, 0) is 12.2 Å². The van der Waals surface area contributed by atoms with Gasteiger partial charge in [0.15, 0.2) is 0 Å². The quantitative estimate of drug-likeness (QED) is 0.353. The first-order valence-corrected chi connectivity index (χ1v) is 5.36. The summed E-state index contributed by atoms with van der Waals surface area (Å²) in [5, 5.41) is 18.5. The fraction of sp³-hybridized carbons (Fsp3) is 0.182. The third-order valence-corrected chi connectivity index (χ3v) is 2.39. The number of carbonyl (C=O) groups is 1. The van der Waals surface area contributed by atoms with Crippen molar-refractivity contribution in [1.82, 2.24) is 19.6 Å². The van der Waals surface area contributed by atoms with Crippen molar-refractivity contribution in [2.45, 2.75) is 0 Å². The van der Waals surface area contributed by atoms with Gasteiger partial charge in [-0.2, -0.15) is 10.2 Å². The first-order chi connectivity index (χ1) is 8.97. The van der Waals surface area contributed by atoms with E-state index >= 15 is 0 Å². The summed E-state index contributed by atoms with van der Waals surface area (Å²) in [5.74, 6) is -0.517. The summed E-state index contributed by atoms with van der Waals surface area (Å²) in [7, 11) is 3.28. The van der Waals surface area contributed by atoms with Crippen LogP contribution >= 0.6 is 0 Å². The van der Waals surface area contributed by atoms with Gasteiger partial charge in [0, 0.05) is 25.9 Å². The zero-order valence-corrected chi connectivity index (χ0v) is 10.3. The Morgan fingerprint density at radius 2 is 2.11 bits per heavy atom. The molecule has 0 atom stereocenters. The van der Waals surface area contributed by atoms with Crippen molar-refractivity contribution < 1.29 is 9.72 Å².